The zero-order valence-electron chi connectivity index (χ0n) is 7.64. The van der Waals surface area contributed by atoms with Gasteiger partial charge in [0.2, 0.25) is 0 Å². The van der Waals surface area contributed by atoms with Gasteiger partial charge in [0, 0.05) is 6.54 Å². The first-order valence-corrected chi connectivity index (χ1v) is 4.47. The van der Waals surface area contributed by atoms with E-state index in [1.807, 2.05) is 24.3 Å². The standard InChI is InChI=1S/C11H11NO2/c12-7-8-1-3-9(4-2-8)10-5-6-14-11(10)13/h1-6,10H,7,12H2. The van der Waals surface area contributed by atoms with Crippen LogP contribution in [0, 0.1) is 0 Å². The first kappa shape index (κ1) is 8.97. The number of hydrogen-bond acceptors (Lipinski definition) is 3. The van der Waals surface area contributed by atoms with Gasteiger partial charge in [0.25, 0.3) is 0 Å². The molecule has 1 aliphatic heterocycles. The van der Waals surface area contributed by atoms with Gasteiger partial charge in [-0.3, -0.25) is 4.79 Å². The van der Waals surface area contributed by atoms with E-state index >= 15 is 0 Å². The summed E-state index contributed by atoms with van der Waals surface area (Å²) in [5.74, 6) is -0.465. The molecular weight excluding hydrogens is 178 g/mol. The summed E-state index contributed by atoms with van der Waals surface area (Å²) in [6.45, 7) is 0.519. The maximum Gasteiger partial charge on any atom is 0.322 e. The molecule has 0 amide bonds. The Morgan fingerprint density at radius 3 is 2.50 bits per heavy atom. The van der Waals surface area contributed by atoms with Crippen molar-refractivity contribution in [3.05, 3.63) is 47.7 Å². The van der Waals surface area contributed by atoms with Crippen LogP contribution in [-0.4, -0.2) is 5.97 Å². The Bertz CT molecular complexity index is 367. The highest BCUT2D eigenvalue weighted by atomic mass is 16.5. The fraction of sp³-hybridized carbons (Fsp3) is 0.182. The minimum atomic E-state index is -0.248. The van der Waals surface area contributed by atoms with Crippen LogP contribution in [-0.2, 0) is 16.1 Å². The lowest BCUT2D eigenvalue weighted by atomic mass is 9.99. The van der Waals surface area contributed by atoms with Crippen molar-refractivity contribution in [1.82, 2.24) is 0 Å². The molecule has 0 aliphatic carbocycles. The molecule has 2 rings (SSSR count). The van der Waals surface area contributed by atoms with Gasteiger partial charge in [0.15, 0.2) is 0 Å². The predicted octanol–water partition coefficient (Wildman–Crippen LogP) is 1.30. The monoisotopic (exact) mass is 189 g/mol. The molecule has 14 heavy (non-hydrogen) atoms. The van der Waals surface area contributed by atoms with Gasteiger partial charge in [-0.05, 0) is 17.2 Å². The Hall–Kier alpha value is -1.61. The highest BCUT2D eigenvalue weighted by Gasteiger charge is 2.22. The molecular formula is C11H11NO2. The summed E-state index contributed by atoms with van der Waals surface area (Å²) in [4.78, 5) is 11.2. The summed E-state index contributed by atoms with van der Waals surface area (Å²) in [5.41, 5.74) is 7.48. The van der Waals surface area contributed by atoms with Crippen molar-refractivity contribution in [2.24, 2.45) is 5.73 Å². The minimum Gasteiger partial charge on any atom is -0.434 e. The molecule has 3 heteroatoms. The van der Waals surface area contributed by atoms with Crippen LogP contribution in [0.15, 0.2) is 36.6 Å². The van der Waals surface area contributed by atoms with Gasteiger partial charge in [-0.15, -0.1) is 0 Å². The van der Waals surface area contributed by atoms with Crippen LogP contribution in [0.3, 0.4) is 0 Å². The molecule has 1 aromatic carbocycles. The van der Waals surface area contributed by atoms with Crippen LogP contribution in [0.2, 0.25) is 0 Å². The summed E-state index contributed by atoms with van der Waals surface area (Å²) in [6.07, 6.45) is 3.18. The van der Waals surface area contributed by atoms with Gasteiger partial charge in [-0.2, -0.15) is 0 Å². The highest BCUT2D eigenvalue weighted by Crippen LogP contribution is 2.23. The Kier molecular flexibility index (Phi) is 2.33. The van der Waals surface area contributed by atoms with E-state index in [1.54, 1.807) is 6.08 Å². The normalized spacial score (nSPS) is 19.8. The largest absolute Gasteiger partial charge is 0.434 e. The fourth-order valence-corrected chi connectivity index (χ4v) is 1.45. The predicted molar refractivity (Wildman–Crippen MR) is 52.3 cm³/mol. The zero-order valence-corrected chi connectivity index (χ0v) is 7.64. The number of carbonyl (C=O) groups excluding carboxylic acids is 1. The number of nitrogens with two attached hydrogens (primary N) is 1. The number of carbonyl (C=O) groups is 1. The second-order valence-electron chi connectivity index (χ2n) is 3.19. The highest BCUT2D eigenvalue weighted by molar-refractivity contribution is 5.83. The van der Waals surface area contributed by atoms with Crippen LogP contribution >= 0.6 is 0 Å². The zero-order chi connectivity index (χ0) is 9.97. The topological polar surface area (TPSA) is 52.3 Å². The van der Waals surface area contributed by atoms with E-state index in [9.17, 15) is 4.79 Å². The van der Waals surface area contributed by atoms with Crippen molar-refractivity contribution in [3.63, 3.8) is 0 Å². The van der Waals surface area contributed by atoms with E-state index < -0.39 is 0 Å². The molecule has 0 saturated heterocycles. The fourth-order valence-electron chi connectivity index (χ4n) is 1.45. The summed E-state index contributed by atoms with van der Waals surface area (Å²) >= 11 is 0. The third-order valence-electron chi connectivity index (χ3n) is 2.28. The molecule has 0 radical (unpaired) electrons. The van der Waals surface area contributed by atoms with E-state index in [1.165, 1.54) is 6.26 Å². The van der Waals surface area contributed by atoms with E-state index in [2.05, 4.69) is 0 Å². The van der Waals surface area contributed by atoms with E-state index in [-0.39, 0.29) is 11.9 Å². The number of hydrogen-bond donors (Lipinski definition) is 1. The SMILES string of the molecule is NCc1ccc(C2C=COC2=O)cc1. The molecule has 2 N–H and O–H groups in total. The summed E-state index contributed by atoms with van der Waals surface area (Å²) in [5, 5.41) is 0. The van der Waals surface area contributed by atoms with Gasteiger partial charge in [0.1, 0.15) is 5.92 Å². The van der Waals surface area contributed by atoms with Crippen LogP contribution in [0.5, 0.6) is 0 Å². The van der Waals surface area contributed by atoms with Crippen molar-refractivity contribution in [3.8, 4) is 0 Å². The second kappa shape index (κ2) is 3.64. The number of rotatable bonds is 2. The molecule has 0 spiro atoms. The Morgan fingerprint density at radius 1 is 1.29 bits per heavy atom. The van der Waals surface area contributed by atoms with Gasteiger partial charge >= 0.3 is 5.97 Å². The molecule has 3 nitrogen and oxygen atoms in total. The number of esters is 1. The third kappa shape index (κ3) is 1.54. The minimum absolute atomic E-state index is 0.217. The third-order valence-corrected chi connectivity index (χ3v) is 2.28. The Morgan fingerprint density at radius 2 is 2.00 bits per heavy atom. The number of cyclic esters (lactones) is 1. The molecule has 72 valence electrons. The lowest BCUT2D eigenvalue weighted by molar-refractivity contribution is -0.136. The van der Waals surface area contributed by atoms with Gasteiger partial charge in [-0.1, -0.05) is 24.3 Å². The van der Waals surface area contributed by atoms with Crippen molar-refractivity contribution in [2.75, 3.05) is 0 Å². The Balaban J connectivity index is 2.24. The van der Waals surface area contributed by atoms with Crippen molar-refractivity contribution in [1.29, 1.82) is 0 Å². The molecule has 0 aromatic heterocycles. The summed E-state index contributed by atoms with van der Waals surface area (Å²) in [7, 11) is 0. The molecule has 0 saturated carbocycles. The average Bonchev–Trinajstić information content (AvgIpc) is 2.65. The van der Waals surface area contributed by atoms with Crippen LogP contribution in [0.25, 0.3) is 0 Å². The van der Waals surface area contributed by atoms with Gasteiger partial charge < -0.3 is 10.5 Å². The molecule has 0 fully saturated rings. The summed E-state index contributed by atoms with van der Waals surface area (Å²) < 4.78 is 4.73. The summed E-state index contributed by atoms with van der Waals surface area (Å²) in [6, 6.07) is 7.66. The van der Waals surface area contributed by atoms with Crippen LogP contribution in [0.4, 0.5) is 0 Å². The molecule has 0 bridgehead atoms. The van der Waals surface area contributed by atoms with Crippen molar-refractivity contribution >= 4 is 5.97 Å². The van der Waals surface area contributed by atoms with Gasteiger partial charge in [0.05, 0.1) is 6.26 Å². The van der Waals surface area contributed by atoms with Gasteiger partial charge in [-0.25, -0.2) is 0 Å². The van der Waals surface area contributed by atoms with E-state index in [0.29, 0.717) is 6.54 Å². The first-order chi connectivity index (χ1) is 6.81. The number of benzene rings is 1. The lowest BCUT2D eigenvalue weighted by Gasteiger charge is -2.05. The lowest BCUT2D eigenvalue weighted by Crippen LogP contribution is -2.06. The maximum absolute atomic E-state index is 11.2. The van der Waals surface area contributed by atoms with Crippen LogP contribution < -0.4 is 5.73 Å². The number of ether oxygens (including phenoxy) is 1. The first-order valence-electron chi connectivity index (χ1n) is 4.47. The Labute approximate surface area is 82.2 Å². The molecule has 1 aliphatic rings. The maximum atomic E-state index is 11.2. The van der Waals surface area contributed by atoms with Crippen molar-refractivity contribution in [2.45, 2.75) is 12.5 Å². The molecule has 1 unspecified atom stereocenters. The van der Waals surface area contributed by atoms with Crippen molar-refractivity contribution < 1.29 is 9.53 Å². The average molecular weight is 189 g/mol. The quantitative estimate of drug-likeness (QED) is 0.713. The molecule has 1 atom stereocenters. The van der Waals surface area contributed by atoms with Crippen LogP contribution in [0.1, 0.15) is 17.0 Å². The smallest absolute Gasteiger partial charge is 0.322 e. The second-order valence-corrected chi connectivity index (χ2v) is 3.19. The molecule has 1 heterocycles. The molecule has 1 aromatic rings. The van der Waals surface area contributed by atoms with E-state index in [4.69, 9.17) is 10.5 Å². The van der Waals surface area contributed by atoms with E-state index in [0.717, 1.165) is 11.1 Å².